The van der Waals surface area contributed by atoms with Gasteiger partial charge in [0.2, 0.25) is 5.95 Å². The fourth-order valence-corrected chi connectivity index (χ4v) is 2.45. The van der Waals surface area contributed by atoms with Crippen LogP contribution in [0.15, 0.2) is 35.1 Å². The zero-order valence-corrected chi connectivity index (χ0v) is 11.4. The van der Waals surface area contributed by atoms with E-state index in [9.17, 15) is 0 Å². The lowest BCUT2D eigenvalue weighted by Crippen LogP contribution is -2.01. The monoisotopic (exact) mass is 323 g/mol. The number of hydrogen-bond donors (Lipinski definition) is 1. The molecule has 2 N–H and O–H groups in total. The average molecular weight is 325 g/mol. The van der Waals surface area contributed by atoms with Crippen LogP contribution in [-0.4, -0.2) is 19.5 Å². The summed E-state index contributed by atoms with van der Waals surface area (Å²) in [6.45, 7) is 0. The molecular formula is C11H7BrClN5. The molecule has 0 unspecified atom stereocenters. The molecular weight excluding hydrogens is 318 g/mol. The predicted octanol–water partition coefficient (Wildman–Crippen LogP) is 2.81. The van der Waals surface area contributed by atoms with Crippen LogP contribution in [-0.2, 0) is 0 Å². The van der Waals surface area contributed by atoms with Crippen molar-refractivity contribution >= 4 is 44.6 Å². The normalized spacial score (nSPS) is 11.0. The molecule has 0 atom stereocenters. The first-order valence-electron chi connectivity index (χ1n) is 5.08. The number of anilines is 1. The molecule has 0 saturated heterocycles. The van der Waals surface area contributed by atoms with Crippen molar-refractivity contribution in [3.05, 3.63) is 40.2 Å². The second-order valence-corrected chi connectivity index (χ2v) is 4.81. The molecule has 3 rings (SSSR count). The SMILES string of the molecule is Nc1nc2ncnc(Cl)c2n1-c1ccccc1Br. The summed E-state index contributed by atoms with van der Waals surface area (Å²) in [5, 5.41) is 0.319. The molecule has 0 radical (unpaired) electrons. The Morgan fingerprint density at radius 1 is 1.22 bits per heavy atom. The van der Waals surface area contributed by atoms with Gasteiger partial charge in [-0.2, -0.15) is 4.98 Å². The quantitative estimate of drug-likeness (QED) is 0.699. The van der Waals surface area contributed by atoms with E-state index in [0.29, 0.717) is 22.3 Å². The van der Waals surface area contributed by atoms with Crippen molar-refractivity contribution in [1.82, 2.24) is 19.5 Å². The van der Waals surface area contributed by atoms with E-state index in [1.807, 2.05) is 24.3 Å². The molecule has 1 aromatic carbocycles. The van der Waals surface area contributed by atoms with Crippen LogP contribution >= 0.6 is 27.5 Å². The summed E-state index contributed by atoms with van der Waals surface area (Å²) in [6, 6.07) is 7.65. The molecule has 0 saturated carbocycles. The number of aromatic nitrogens is 4. The van der Waals surface area contributed by atoms with E-state index < -0.39 is 0 Å². The van der Waals surface area contributed by atoms with E-state index in [1.54, 1.807) is 4.57 Å². The summed E-state index contributed by atoms with van der Waals surface area (Å²) in [5.41, 5.74) is 7.85. The third kappa shape index (κ3) is 1.65. The van der Waals surface area contributed by atoms with Gasteiger partial charge in [0, 0.05) is 4.47 Å². The van der Waals surface area contributed by atoms with Gasteiger partial charge < -0.3 is 5.73 Å². The van der Waals surface area contributed by atoms with Crippen LogP contribution in [0.2, 0.25) is 5.15 Å². The van der Waals surface area contributed by atoms with Gasteiger partial charge in [-0.3, -0.25) is 4.57 Å². The number of benzene rings is 1. The lowest BCUT2D eigenvalue weighted by molar-refractivity contribution is 1.09. The van der Waals surface area contributed by atoms with Gasteiger partial charge in [0.05, 0.1) is 5.69 Å². The molecule has 2 heterocycles. The minimum atomic E-state index is 0.319. The third-order valence-corrected chi connectivity index (χ3v) is 3.47. The maximum absolute atomic E-state index is 6.09. The Kier molecular flexibility index (Phi) is 2.68. The highest BCUT2D eigenvalue weighted by Gasteiger charge is 2.16. The van der Waals surface area contributed by atoms with Gasteiger partial charge in [-0.1, -0.05) is 23.7 Å². The first-order chi connectivity index (χ1) is 8.68. The van der Waals surface area contributed by atoms with Crippen molar-refractivity contribution < 1.29 is 0 Å². The zero-order valence-electron chi connectivity index (χ0n) is 9.01. The van der Waals surface area contributed by atoms with Crippen LogP contribution in [0.5, 0.6) is 0 Å². The molecule has 0 aliphatic heterocycles. The van der Waals surface area contributed by atoms with Crippen molar-refractivity contribution in [2.24, 2.45) is 0 Å². The van der Waals surface area contributed by atoms with Crippen LogP contribution < -0.4 is 5.73 Å². The van der Waals surface area contributed by atoms with E-state index in [-0.39, 0.29) is 0 Å². The van der Waals surface area contributed by atoms with Gasteiger partial charge in [0.1, 0.15) is 11.8 Å². The Bertz CT molecular complexity index is 739. The topological polar surface area (TPSA) is 69.6 Å². The largest absolute Gasteiger partial charge is 0.369 e. The number of rotatable bonds is 1. The molecule has 90 valence electrons. The van der Waals surface area contributed by atoms with Crippen molar-refractivity contribution in [2.45, 2.75) is 0 Å². The van der Waals surface area contributed by atoms with Crippen molar-refractivity contribution in [2.75, 3.05) is 5.73 Å². The molecule has 0 spiro atoms. The van der Waals surface area contributed by atoms with Crippen molar-refractivity contribution in [3.63, 3.8) is 0 Å². The van der Waals surface area contributed by atoms with Crippen LogP contribution in [0, 0.1) is 0 Å². The van der Waals surface area contributed by atoms with Crippen LogP contribution in [0.3, 0.4) is 0 Å². The maximum atomic E-state index is 6.09. The molecule has 0 aliphatic rings. The zero-order chi connectivity index (χ0) is 12.7. The number of nitrogen functional groups attached to an aromatic ring is 1. The Hall–Kier alpha value is -1.66. The van der Waals surface area contributed by atoms with E-state index in [2.05, 4.69) is 30.9 Å². The van der Waals surface area contributed by atoms with E-state index in [0.717, 1.165) is 10.2 Å². The fourth-order valence-electron chi connectivity index (χ4n) is 1.77. The molecule has 2 aromatic heterocycles. The summed E-state index contributed by atoms with van der Waals surface area (Å²) in [7, 11) is 0. The second-order valence-electron chi connectivity index (χ2n) is 3.59. The Morgan fingerprint density at radius 3 is 2.78 bits per heavy atom. The van der Waals surface area contributed by atoms with Gasteiger partial charge in [-0.15, -0.1) is 0 Å². The minimum Gasteiger partial charge on any atom is -0.369 e. The number of imidazole rings is 1. The number of para-hydroxylation sites is 1. The highest BCUT2D eigenvalue weighted by Crippen LogP contribution is 2.29. The first-order valence-corrected chi connectivity index (χ1v) is 6.25. The standard InChI is InChI=1S/C11H7BrClN5/c12-6-3-1-2-4-7(6)18-8-9(13)15-5-16-10(8)17-11(18)14/h1-5H,(H2,14,15,16,17). The fraction of sp³-hybridized carbons (Fsp3) is 0. The van der Waals surface area contributed by atoms with Gasteiger partial charge >= 0.3 is 0 Å². The van der Waals surface area contributed by atoms with Gasteiger partial charge in [-0.25, -0.2) is 9.97 Å². The van der Waals surface area contributed by atoms with Crippen LogP contribution in [0.4, 0.5) is 5.95 Å². The van der Waals surface area contributed by atoms with E-state index >= 15 is 0 Å². The number of nitrogens with zero attached hydrogens (tertiary/aromatic N) is 4. The number of halogens is 2. The lowest BCUT2D eigenvalue weighted by Gasteiger charge is -2.08. The van der Waals surface area contributed by atoms with Crippen LogP contribution in [0.25, 0.3) is 16.9 Å². The average Bonchev–Trinajstić information content (AvgIpc) is 2.68. The number of nitrogens with two attached hydrogens (primary N) is 1. The Morgan fingerprint density at radius 2 is 2.00 bits per heavy atom. The highest BCUT2D eigenvalue weighted by molar-refractivity contribution is 9.10. The Labute approximate surface area is 116 Å². The van der Waals surface area contributed by atoms with E-state index in [1.165, 1.54) is 6.33 Å². The summed E-state index contributed by atoms with van der Waals surface area (Å²) in [5.74, 6) is 0.319. The van der Waals surface area contributed by atoms with Crippen molar-refractivity contribution in [1.29, 1.82) is 0 Å². The van der Waals surface area contributed by atoms with Gasteiger partial charge in [-0.05, 0) is 28.1 Å². The second kappa shape index (κ2) is 4.22. The van der Waals surface area contributed by atoms with Crippen LogP contribution in [0.1, 0.15) is 0 Å². The van der Waals surface area contributed by atoms with Gasteiger partial charge in [0.25, 0.3) is 0 Å². The highest BCUT2D eigenvalue weighted by atomic mass is 79.9. The summed E-state index contributed by atoms with van der Waals surface area (Å²) in [4.78, 5) is 12.2. The number of hydrogen-bond acceptors (Lipinski definition) is 4. The summed E-state index contributed by atoms with van der Waals surface area (Å²) < 4.78 is 2.61. The van der Waals surface area contributed by atoms with E-state index in [4.69, 9.17) is 17.3 Å². The van der Waals surface area contributed by atoms with Crippen molar-refractivity contribution in [3.8, 4) is 5.69 Å². The summed E-state index contributed by atoms with van der Waals surface area (Å²) >= 11 is 9.57. The van der Waals surface area contributed by atoms with Gasteiger partial charge in [0.15, 0.2) is 10.8 Å². The lowest BCUT2D eigenvalue weighted by atomic mass is 10.3. The molecule has 0 bridgehead atoms. The molecule has 0 fully saturated rings. The summed E-state index contributed by atoms with van der Waals surface area (Å²) in [6.07, 6.45) is 1.36. The third-order valence-electron chi connectivity index (χ3n) is 2.52. The molecule has 0 amide bonds. The smallest absolute Gasteiger partial charge is 0.207 e. The predicted molar refractivity (Wildman–Crippen MR) is 73.8 cm³/mol. The molecule has 0 aliphatic carbocycles. The maximum Gasteiger partial charge on any atom is 0.207 e. The first kappa shape index (κ1) is 11.4. The molecule has 5 nitrogen and oxygen atoms in total. The molecule has 3 aromatic rings. The minimum absolute atomic E-state index is 0.319. The number of fused-ring (bicyclic) bond motifs is 1. The molecule has 18 heavy (non-hydrogen) atoms. The Balaban J connectivity index is 2.43. The molecule has 7 heteroatoms.